The number of Topliss-reactive ketones (excluding diaryl/α,β-unsaturated/α-hetero) is 2. The zero-order valence-electron chi connectivity index (χ0n) is 16.2. The molecule has 0 radical (unpaired) electrons. The van der Waals surface area contributed by atoms with Gasteiger partial charge in [-0.2, -0.15) is 0 Å². The number of carbonyl (C=O) groups is 2. The summed E-state index contributed by atoms with van der Waals surface area (Å²) < 4.78 is 0. The molecule has 7 atom stereocenters. The van der Waals surface area contributed by atoms with Gasteiger partial charge in [-0.3, -0.25) is 9.59 Å². The van der Waals surface area contributed by atoms with Crippen molar-refractivity contribution in [3.8, 4) is 0 Å². The van der Waals surface area contributed by atoms with Crippen LogP contribution in [0.15, 0.2) is 36.0 Å². The minimum atomic E-state index is -1.77. The highest BCUT2D eigenvalue weighted by Crippen LogP contribution is 2.70. The van der Waals surface area contributed by atoms with E-state index in [1.54, 1.807) is 6.08 Å². The minimum absolute atomic E-state index is 0.136. The fourth-order valence-electron chi connectivity index (χ4n) is 6.52. The van der Waals surface area contributed by atoms with Gasteiger partial charge in [0.1, 0.15) is 12.7 Å². The maximum Gasteiger partial charge on any atom is 0.194 e. The van der Waals surface area contributed by atoms with E-state index in [1.807, 2.05) is 26.0 Å². The number of aliphatic hydroxyl groups excluding tert-OH is 2. The molecule has 2 saturated carbocycles. The Hall–Kier alpha value is -1.27. The largest absolute Gasteiger partial charge is 0.388 e. The van der Waals surface area contributed by atoms with Crippen LogP contribution < -0.4 is 0 Å². The number of aliphatic hydroxyl groups is 3. The zero-order chi connectivity index (χ0) is 20.7. The molecular formula is C22H27ClO5. The van der Waals surface area contributed by atoms with E-state index in [0.29, 0.717) is 24.8 Å². The maximum absolute atomic E-state index is 12.5. The number of hydrogen-bond donors (Lipinski definition) is 3. The van der Waals surface area contributed by atoms with E-state index in [4.69, 9.17) is 11.6 Å². The normalized spacial score (nSPS) is 49.9. The van der Waals surface area contributed by atoms with E-state index < -0.39 is 39.8 Å². The van der Waals surface area contributed by atoms with Crippen molar-refractivity contribution in [1.82, 2.24) is 0 Å². The monoisotopic (exact) mass is 406 g/mol. The summed E-state index contributed by atoms with van der Waals surface area (Å²) in [4.78, 5) is 24.1. The first-order valence-electron chi connectivity index (χ1n) is 9.81. The standard InChI is InChI=1S/C22H27ClO5/c1-12-8-15-14-5-4-13-9-16(25)17(26)10-20(13,3)21(14,23)7-6-19(15,2)22(12,28)18(27)11-24/h4-5,9,14-16,24-25,28H,1,6-8,10-11H2,2-3H3/t14-,15-,16?,19-,20-,21+,22-/m0/s1. The molecule has 0 spiro atoms. The molecule has 4 aliphatic rings. The second kappa shape index (κ2) is 5.88. The highest BCUT2D eigenvalue weighted by atomic mass is 35.5. The summed E-state index contributed by atoms with van der Waals surface area (Å²) in [6.07, 6.45) is 6.01. The van der Waals surface area contributed by atoms with Crippen LogP contribution in [0.5, 0.6) is 0 Å². The van der Waals surface area contributed by atoms with E-state index >= 15 is 0 Å². The third kappa shape index (κ3) is 2.08. The number of alkyl halides is 1. The average molecular weight is 407 g/mol. The Morgan fingerprint density at radius 3 is 2.68 bits per heavy atom. The Bertz CT molecular complexity index is 846. The Labute approximate surface area is 169 Å². The predicted octanol–water partition coefficient (Wildman–Crippen LogP) is 2.09. The van der Waals surface area contributed by atoms with Crippen LogP contribution in [-0.4, -0.2) is 50.1 Å². The molecule has 0 heterocycles. The first-order chi connectivity index (χ1) is 13.0. The second-order valence-corrected chi connectivity index (χ2v) is 10.1. The summed E-state index contributed by atoms with van der Waals surface area (Å²) in [5, 5.41) is 30.8. The van der Waals surface area contributed by atoms with E-state index in [-0.39, 0.29) is 24.0 Å². The van der Waals surface area contributed by atoms with E-state index in [9.17, 15) is 24.9 Å². The van der Waals surface area contributed by atoms with Crippen molar-refractivity contribution < 1.29 is 24.9 Å². The molecule has 0 aromatic heterocycles. The zero-order valence-corrected chi connectivity index (χ0v) is 17.0. The van der Waals surface area contributed by atoms with Crippen molar-refractivity contribution in [3.63, 3.8) is 0 Å². The molecule has 0 aliphatic heterocycles. The van der Waals surface area contributed by atoms with Crippen LogP contribution >= 0.6 is 11.6 Å². The molecule has 5 nitrogen and oxygen atoms in total. The van der Waals surface area contributed by atoms with E-state index in [1.165, 1.54) is 0 Å². The summed E-state index contributed by atoms with van der Waals surface area (Å²) in [5.41, 5.74) is -1.89. The first-order valence-corrected chi connectivity index (χ1v) is 10.2. The molecule has 28 heavy (non-hydrogen) atoms. The SMILES string of the molecule is C=C1C[C@H]2[C@@H]3C=CC4=CC(O)C(=O)C[C@]4(C)[C@@]3(Cl)CC[C@]2(C)[C@@]1(O)C(=O)CO. The lowest BCUT2D eigenvalue weighted by Crippen LogP contribution is -2.63. The number of ketones is 2. The lowest BCUT2D eigenvalue weighted by molar-refractivity contribution is -0.155. The van der Waals surface area contributed by atoms with Crippen LogP contribution in [0, 0.1) is 22.7 Å². The number of fused-ring (bicyclic) bond motifs is 5. The molecular weight excluding hydrogens is 380 g/mol. The van der Waals surface area contributed by atoms with Gasteiger partial charge in [-0.05, 0) is 42.4 Å². The van der Waals surface area contributed by atoms with E-state index in [0.717, 1.165) is 5.57 Å². The van der Waals surface area contributed by atoms with Crippen molar-refractivity contribution in [2.75, 3.05) is 6.61 Å². The lowest BCUT2D eigenvalue weighted by atomic mass is 9.47. The molecule has 4 rings (SSSR count). The Morgan fingerprint density at radius 2 is 2.04 bits per heavy atom. The quantitative estimate of drug-likeness (QED) is 0.482. The van der Waals surface area contributed by atoms with Gasteiger partial charge in [-0.1, -0.05) is 32.6 Å². The van der Waals surface area contributed by atoms with Gasteiger partial charge >= 0.3 is 0 Å². The van der Waals surface area contributed by atoms with Crippen LogP contribution in [0.2, 0.25) is 0 Å². The van der Waals surface area contributed by atoms with Crippen molar-refractivity contribution in [1.29, 1.82) is 0 Å². The maximum atomic E-state index is 12.5. The van der Waals surface area contributed by atoms with Crippen molar-refractivity contribution in [3.05, 3.63) is 36.0 Å². The fraction of sp³-hybridized carbons (Fsp3) is 0.636. The average Bonchev–Trinajstić information content (AvgIpc) is 2.85. The third-order valence-corrected chi connectivity index (χ3v) is 9.23. The fourth-order valence-corrected chi connectivity index (χ4v) is 7.02. The summed E-state index contributed by atoms with van der Waals surface area (Å²) in [6.45, 7) is 7.11. The van der Waals surface area contributed by atoms with Crippen molar-refractivity contribution in [2.24, 2.45) is 22.7 Å². The number of allylic oxidation sites excluding steroid dienone is 3. The van der Waals surface area contributed by atoms with Gasteiger partial charge in [0.2, 0.25) is 0 Å². The molecule has 6 heteroatoms. The van der Waals surface area contributed by atoms with Gasteiger partial charge in [0, 0.05) is 23.2 Å². The molecule has 2 fully saturated rings. The Balaban J connectivity index is 1.83. The van der Waals surface area contributed by atoms with Crippen molar-refractivity contribution in [2.45, 2.75) is 56.1 Å². The van der Waals surface area contributed by atoms with Gasteiger partial charge in [0.25, 0.3) is 0 Å². The molecule has 4 aliphatic carbocycles. The molecule has 0 bridgehead atoms. The van der Waals surface area contributed by atoms with Gasteiger partial charge in [0.05, 0.1) is 4.87 Å². The summed E-state index contributed by atoms with van der Waals surface area (Å²) in [6, 6.07) is 0. The molecule has 0 amide bonds. The first kappa shape index (κ1) is 20.0. The highest BCUT2D eigenvalue weighted by molar-refractivity contribution is 6.25. The van der Waals surface area contributed by atoms with Crippen LogP contribution in [0.3, 0.4) is 0 Å². The summed E-state index contributed by atoms with van der Waals surface area (Å²) >= 11 is 7.32. The van der Waals surface area contributed by atoms with E-state index in [2.05, 4.69) is 6.58 Å². The van der Waals surface area contributed by atoms with Crippen LogP contribution in [-0.2, 0) is 9.59 Å². The Morgan fingerprint density at radius 1 is 1.36 bits per heavy atom. The topological polar surface area (TPSA) is 94.8 Å². The highest BCUT2D eigenvalue weighted by Gasteiger charge is 2.71. The molecule has 0 aromatic carbocycles. The molecule has 3 N–H and O–H groups in total. The van der Waals surface area contributed by atoms with Gasteiger partial charge in [0.15, 0.2) is 17.2 Å². The number of carbonyl (C=O) groups excluding carboxylic acids is 2. The number of halogens is 1. The van der Waals surface area contributed by atoms with Gasteiger partial charge in [-0.25, -0.2) is 0 Å². The predicted molar refractivity (Wildman–Crippen MR) is 105 cm³/mol. The van der Waals surface area contributed by atoms with Crippen LogP contribution in [0.4, 0.5) is 0 Å². The van der Waals surface area contributed by atoms with Crippen molar-refractivity contribution >= 4 is 23.2 Å². The van der Waals surface area contributed by atoms with Crippen LogP contribution in [0.1, 0.15) is 39.5 Å². The minimum Gasteiger partial charge on any atom is -0.388 e. The van der Waals surface area contributed by atoms with Crippen LogP contribution in [0.25, 0.3) is 0 Å². The van der Waals surface area contributed by atoms with Gasteiger partial charge < -0.3 is 15.3 Å². The smallest absolute Gasteiger partial charge is 0.194 e. The summed E-state index contributed by atoms with van der Waals surface area (Å²) in [7, 11) is 0. The molecule has 0 aromatic rings. The third-order valence-electron chi connectivity index (χ3n) is 8.37. The molecule has 0 saturated heterocycles. The van der Waals surface area contributed by atoms with Gasteiger partial charge in [-0.15, -0.1) is 11.6 Å². The summed E-state index contributed by atoms with van der Waals surface area (Å²) in [5.74, 6) is -1.16. The Kier molecular flexibility index (Phi) is 4.20. The molecule has 152 valence electrons. The lowest BCUT2D eigenvalue weighted by Gasteiger charge is -2.61. The molecule has 1 unspecified atom stereocenters. The number of hydrogen-bond acceptors (Lipinski definition) is 5. The number of rotatable bonds is 2. The second-order valence-electron chi connectivity index (χ2n) is 9.41.